The van der Waals surface area contributed by atoms with Gasteiger partial charge < -0.3 is 15.1 Å². The summed E-state index contributed by atoms with van der Waals surface area (Å²) in [6.07, 6.45) is 0. The quantitative estimate of drug-likeness (QED) is 0.814. The van der Waals surface area contributed by atoms with E-state index in [4.69, 9.17) is 11.6 Å². The van der Waals surface area contributed by atoms with E-state index in [0.29, 0.717) is 31.2 Å². The monoisotopic (exact) mass is 379 g/mol. The van der Waals surface area contributed by atoms with E-state index in [2.05, 4.69) is 5.32 Å². The summed E-state index contributed by atoms with van der Waals surface area (Å²) in [4.78, 5) is 40.2. The average Bonchev–Trinajstić information content (AvgIpc) is 2.60. The first-order valence-corrected chi connectivity index (χ1v) is 9.16. The van der Waals surface area contributed by atoms with Gasteiger partial charge in [-0.25, -0.2) is 0 Å². The minimum absolute atomic E-state index is 0.00134. The predicted molar refractivity (Wildman–Crippen MR) is 101 cm³/mol. The Hall–Kier alpha value is -2.08. The Bertz CT molecular complexity index is 678. The fourth-order valence-electron chi connectivity index (χ4n) is 2.97. The van der Waals surface area contributed by atoms with E-state index < -0.39 is 17.2 Å². The maximum atomic E-state index is 13.0. The zero-order chi connectivity index (χ0) is 19.5. The van der Waals surface area contributed by atoms with Crippen molar-refractivity contribution in [2.45, 2.75) is 39.2 Å². The number of carbonyl (C=O) groups excluding carboxylic acids is 3. The van der Waals surface area contributed by atoms with Crippen LogP contribution >= 0.6 is 11.6 Å². The molecule has 0 saturated carbocycles. The molecule has 0 atom stereocenters. The zero-order valence-electron chi connectivity index (χ0n) is 15.7. The second-order valence-corrected chi connectivity index (χ2v) is 7.78. The lowest BCUT2D eigenvalue weighted by Gasteiger charge is -2.38. The van der Waals surface area contributed by atoms with Crippen LogP contribution in [0.15, 0.2) is 24.3 Å². The van der Waals surface area contributed by atoms with Crippen molar-refractivity contribution in [2.75, 3.05) is 26.2 Å². The number of amides is 3. The van der Waals surface area contributed by atoms with E-state index in [9.17, 15) is 14.4 Å². The Morgan fingerprint density at radius 2 is 1.50 bits per heavy atom. The van der Waals surface area contributed by atoms with Crippen LogP contribution in [-0.2, 0) is 19.8 Å². The van der Waals surface area contributed by atoms with Gasteiger partial charge in [-0.15, -0.1) is 0 Å². The fraction of sp³-hybridized carbons (Fsp3) is 0.526. The van der Waals surface area contributed by atoms with Gasteiger partial charge in [0.25, 0.3) is 0 Å². The van der Waals surface area contributed by atoms with Gasteiger partial charge in [-0.3, -0.25) is 14.4 Å². The van der Waals surface area contributed by atoms with Crippen LogP contribution in [-0.4, -0.2) is 59.7 Å². The van der Waals surface area contributed by atoms with Crippen molar-refractivity contribution >= 4 is 29.3 Å². The van der Waals surface area contributed by atoms with Gasteiger partial charge in [0.15, 0.2) is 0 Å². The Morgan fingerprint density at radius 3 is 2.00 bits per heavy atom. The maximum Gasteiger partial charge on any atom is 0.312 e. The summed E-state index contributed by atoms with van der Waals surface area (Å²) >= 11 is 5.93. The smallest absolute Gasteiger partial charge is 0.312 e. The van der Waals surface area contributed by atoms with Crippen LogP contribution in [0.4, 0.5) is 0 Å². The molecule has 0 unspecified atom stereocenters. The number of halogens is 1. The van der Waals surface area contributed by atoms with Crippen molar-refractivity contribution in [1.82, 2.24) is 15.1 Å². The Labute approximate surface area is 159 Å². The van der Waals surface area contributed by atoms with Gasteiger partial charge in [0.1, 0.15) is 0 Å². The summed E-state index contributed by atoms with van der Waals surface area (Å²) in [5, 5.41) is 3.23. The third-order valence-corrected chi connectivity index (χ3v) is 4.82. The van der Waals surface area contributed by atoms with Crippen molar-refractivity contribution in [3.63, 3.8) is 0 Å². The minimum Gasteiger partial charge on any atom is -0.346 e. The lowest BCUT2D eigenvalue weighted by Crippen LogP contribution is -2.56. The SMILES string of the molecule is CC(C)NC(=O)C(=O)N1CCN(C(=O)C(C)(C)c2ccc(Cl)cc2)CC1. The highest BCUT2D eigenvalue weighted by Gasteiger charge is 2.36. The van der Waals surface area contributed by atoms with Crippen LogP contribution in [0, 0.1) is 0 Å². The molecule has 1 fully saturated rings. The van der Waals surface area contributed by atoms with Crippen LogP contribution < -0.4 is 5.32 Å². The van der Waals surface area contributed by atoms with Gasteiger partial charge in [-0.2, -0.15) is 0 Å². The summed E-state index contributed by atoms with van der Waals surface area (Å²) in [5.41, 5.74) is 0.202. The van der Waals surface area contributed by atoms with Gasteiger partial charge in [-0.05, 0) is 45.4 Å². The Balaban J connectivity index is 1.98. The number of hydrogen-bond acceptors (Lipinski definition) is 3. The second-order valence-electron chi connectivity index (χ2n) is 7.34. The molecule has 1 N–H and O–H groups in total. The standard InChI is InChI=1S/C19H26ClN3O3/c1-13(2)21-16(24)17(25)22-9-11-23(12-10-22)18(26)19(3,4)14-5-7-15(20)8-6-14/h5-8,13H,9-12H2,1-4H3,(H,21,24). The predicted octanol–water partition coefficient (Wildman–Crippen LogP) is 1.81. The molecule has 1 aliphatic rings. The molecule has 7 heteroatoms. The molecule has 1 aliphatic heterocycles. The molecule has 2 rings (SSSR count). The van der Waals surface area contributed by atoms with Crippen LogP contribution in [0.5, 0.6) is 0 Å². The molecule has 1 saturated heterocycles. The van der Waals surface area contributed by atoms with E-state index in [0.717, 1.165) is 5.56 Å². The van der Waals surface area contributed by atoms with Crippen LogP contribution in [0.25, 0.3) is 0 Å². The zero-order valence-corrected chi connectivity index (χ0v) is 16.5. The highest BCUT2D eigenvalue weighted by molar-refractivity contribution is 6.35. The fourth-order valence-corrected chi connectivity index (χ4v) is 3.09. The van der Waals surface area contributed by atoms with E-state index in [1.165, 1.54) is 4.90 Å². The lowest BCUT2D eigenvalue weighted by molar-refractivity contribution is -0.149. The third-order valence-electron chi connectivity index (χ3n) is 4.57. The van der Waals surface area contributed by atoms with Crippen molar-refractivity contribution in [1.29, 1.82) is 0 Å². The normalized spacial score (nSPS) is 15.2. The van der Waals surface area contributed by atoms with Crippen molar-refractivity contribution in [2.24, 2.45) is 0 Å². The summed E-state index contributed by atoms with van der Waals surface area (Å²) in [6.45, 7) is 8.91. The molecule has 142 valence electrons. The average molecular weight is 380 g/mol. The number of nitrogens with zero attached hydrogens (tertiary/aromatic N) is 2. The molecule has 1 aromatic rings. The summed E-state index contributed by atoms with van der Waals surface area (Å²) in [6, 6.07) is 7.17. The molecule has 1 aromatic carbocycles. The molecule has 0 aliphatic carbocycles. The number of nitrogens with one attached hydrogen (secondary N) is 1. The van der Waals surface area contributed by atoms with Crippen LogP contribution in [0.2, 0.25) is 5.02 Å². The number of benzene rings is 1. The highest BCUT2D eigenvalue weighted by atomic mass is 35.5. The highest BCUT2D eigenvalue weighted by Crippen LogP contribution is 2.27. The first-order chi connectivity index (χ1) is 12.1. The maximum absolute atomic E-state index is 13.0. The van der Waals surface area contributed by atoms with Crippen molar-refractivity contribution in [3.8, 4) is 0 Å². The number of carbonyl (C=O) groups is 3. The van der Waals surface area contributed by atoms with Gasteiger partial charge in [0, 0.05) is 37.2 Å². The summed E-state index contributed by atoms with van der Waals surface area (Å²) < 4.78 is 0. The molecule has 1 heterocycles. The molecule has 3 amide bonds. The molecule has 6 nitrogen and oxygen atoms in total. The minimum atomic E-state index is -0.689. The van der Waals surface area contributed by atoms with Gasteiger partial charge in [0.05, 0.1) is 5.41 Å². The number of rotatable bonds is 3. The number of piperazine rings is 1. The van der Waals surface area contributed by atoms with E-state index in [-0.39, 0.29) is 11.9 Å². The van der Waals surface area contributed by atoms with Gasteiger partial charge in [-0.1, -0.05) is 23.7 Å². The molecule has 0 radical (unpaired) electrons. The first-order valence-electron chi connectivity index (χ1n) is 8.78. The van der Waals surface area contributed by atoms with E-state index in [1.54, 1.807) is 30.9 Å². The summed E-state index contributed by atoms with van der Waals surface area (Å²) in [5.74, 6) is -1.14. The summed E-state index contributed by atoms with van der Waals surface area (Å²) in [7, 11) is 0. The third kappa shape index (κ3) is 4.55. The molecule has 0 aromatic heterocycles. The molecule has 0 bridgehead atoms. The van der Waals surface area contributed by atoms with Crippen molar-refractivity contribution in [3.05, 3.63) is 34.9 Å². The number of hydrogen-bond donors (Lipinski definition) is 1. The topological polar surface area (TPSA) is 69.7 Å². The van der Waals surface area contributed by atoms with Crippen LogP contribution in [0.1, 0.15) is 33.3 Å². The van der Waals surface area contributed by atoms with Crippen LogP contribution in [0.3, 0.4) is 0 Å². The van der Waals surface area contributed by atoms with E-state index in [1.807, 2.05) is 26.0 Å². The largest absolute Gasteiger partial charge is 0.346 e. The van der Waals surface area contributed by atoms with Crippen molar-refractivity contribution < 1.29 is 14.4 Å². The molecular formula is C19H26ClN3O3. The molecule has 0 spiro atoms. The Kier molecular flexibility index (Phi) is 6.29. The van der Waals surface area contributed by atoms with Gasteiger partial charge in [0.2, 0.25) is 5.91 Å². The Morgan fingerprint density at radius 1 is 1.00 bits per heavy atom. The first kappa shape index (κ1) is 20.2. The molecular weight excluding hydrogens is 354 g/mol. The van der Waals surface area contributed by atoms with Gasteiger partial charge >= 0.3 is 11.8 Å². The molecule has 26 heavy (non-hydrogen) atoms. The second kappa shape index (κ2) is 8.08. The lowest BCUT2D eigenvalue weighted by atomic mass is 9.83. The van der Waals surface area contributed by atoms with E-state index >= 15 is 0 Å².